The Bertz CT molecular complexity index is 449. The van der Waals surface area contributed by atoms with Crippen LogP contribution < -0.4 is 10.6 Å². The lowest BCUT2D eigenvalue weighted by atomic mass is 9.95. The van der Waals surface area contributed by atoms with Gasteiger partial charge in [-0.05, 0) is 73.6 Å². The summed E-state index contributed by atoms with van der Waals surface area (Å²) in [6, 6.07) is 0. The molecule has 1 rings (SSSR count). The molecule has 1 atom stereocenters. The molecule has 2 N–H and O–H groups in total. The van der Waals surface area contributed by atoms with Crippen molar-refractivity contribution in [3.05, 3.63) is 0 Å². The van der Waals surface area contributed by atoms with Crippen LogP contribution >= 0.6 is 0 Å². The second-order valence-electron chi connectivity index (χ2n) is 8.86. The van der Waals surface area contributed by atoms with Crippen molar-refractivity contribution in [1.29, 1.82) is 0 Å². The molecule has 0 spiro atoms. The number of ether oxygens (including phenoxy) is 1. The molecule has 0 bridgehead atoms. The van der Waals surface area contributed by atoms with E-state index < -0.39 is 5.60 Å². The van der Waals surface area contributed by atoms with Gasteiger partial charge < -0.3 is 20.3 Å². The minimum absolute atomic E-state index is 0.0145. The van der Waals surface area contributed by atoms with Crippen molar-refractivity contribution in [2.24, 2.45) is 10.9 Å². The van der Waals surface area contributed by atoms with Gasteiger partial charge in [0.1, 0.15) is 5.60 Å². The maximum absolute atomic E-state index is 12.2. The lowest BCUT2D eigenvalue weighted by Crippen LogP contribution is -2.47. The number of piperidine rings is 1. The topological polar surface area (TPSA) is 66.0 Å². The van der Waals surface area contributed by atoms with Crippen LogP contribution in [0.2, 0.25) is 0 Å². The van der Waals surface area contributed by atoms with Crippen LogP contribution in [0.4, 0.5) is 4.79 Å². The molecule has 6 nitrogen and oxygen atoms in total. The lowest BCUT2D eigenvalue weighted by Gasteiger charge is -2.34. The summed E-state index contributed by atoms with van der Waals surface area (Å²) in [5.74, 6) is 1.34. The van der Waals surface area contributed by atoms with Gasteiger partial charge >= 0.3 is 6.09 Å². The number of likely N-dealkylation sites (tertiary alicyclic amines) is 1. The SMILES string of the molecule is CCNC(=NCCC1CCCN(C(=O)OC(C)(C)C)C1)NC(C)(C)C. The van der Waals surface area contributed by atoms with E-state index in [4.69, 9.17) is 4.74 Å². The number of aliphatic imine (C=N–C) groups is 1. The molecular formula is C19H38N4O2. The fourth-order valence-corrected chi connectivity index (χ4v) is 2.81. The fourth-order valence-electron chi connectivity index (χ4n) is 2.81. The van der Waals surface area contributed by atoms with E-state index in [1.165, 1.54) is 0 Å². The van der Waals surface area contributed by atoms with Crippen LogP contribution in [0.5, 0.6) is 0 Å². The summed E-state index contributed by atoms with van der Waals surface area (Å²) in [7, 11) is 0. The van der Waals surface area contributed by atoms with Gasteiger partial charge in [-0.2, -0.15) is 0 Å². The third kappa shape index (κ3) is 9.56. The molecule has 0 aromatic heterocycles. The molecule has 1 aliphatic heterocycles. The number of guanidine groups is 1. The van der Waals surface area contributed by atoms with Crippen molar-refractivity contribution < 1.29 is 9.53 Å². The number of nitrogens with one attached hydrogen (secondary N) is 2. The van der Waals surface area contributed by atoms with Crippen LogP contribution in [0.15, 0.2) is 4.99 Å². The third-order valence-electron chi connectivity index (χ3n) is 3.82. The molecular weight excluding hydrogens is 316 g/mol. The van der Waals surface area contributed by atoms with E-state index in [1.54, 1.807) is 0 Å². The highest BCUT2D eigenvalue weighted by atomic mass is 16.6. The van der Waals surface area contributed by atoms with Gasteiger partial charge in [0.05, 0.1) is 0 Å². The zero-order valence-electron chi connectivity index (χ0n) is 17.2. The molecule has 146 valence electrons. The van der Waals surface area contributed by atoms with Crippen molar-refractivity contribution in [2.45, 2.75) is 78.9 Å². The number of nitrogens with zero attached hydrogens (tertiary/aromatic N) is 2. The fraction of sp³-hybridized carbons (Fsp3) is 0.895. The average Bonchev–Trinajstić information content (AvgIpc) is 2.44. The van der Waals surface area contributed by atoms with Gasteiger partial charge in [0.25, 0.3) is 0 Å². The monoisotopic (exact) mass is 354 g/mol. The highest BCUT2D eigenvalue weighted by Crippen LogP contribution is 2.21. The minimum Gasteiger partial charge on any atom is -0.444 e. The van der Waals surface area contributed by atoms with Crippen LogP contribution in [-0.4, -0.2) is 54.3 Å². The summed E-state index contributed by atoms with van der Waals surface area (Å²) in [5.41, 5.74) is -0.451. The first-order chi connectivity index (χ1) is 11.5. The number of rotatable bonds is 4. The molecule has 1 unspecified atom stereocenters. The molecule has 1 amide bonds. The molecule has 1 heterocycles. The van der Waals surface area contributed by atoms with Crippen LogP contribution in [0, 0.1) is 5.92 Å². The Morgan fingerprint density at radius 2 is 1.92 bits per heavy atom. The van der Waals surface area contributed by atoms with Gasteiger partial charge in [-0.3, -0.25) is 4.99 Å². The van der Waals surface area contributed by atoms with Crippen molar-refractivity contribution >= 4 is 12.1 Å². The van der Waals surface area contributed by atoms with E-state index >= 15 is 0 Å². The van der Waals surface area contributed by atoms with Crippen molar-refractivity contribution in [3.8, 4) is 0 Å². The molecule has 0 aromatic carbocycles. The van der Waals surface area contributed by atoms with E-state index in [-0.39, 0.29) is 11.6 Å². The van der Waals surface area contributed by atoms with Gasteiger partial charge in [-0.25, -0.2) is 4.79 Å². The van der Waals surface area contributed by atoms with Gasteiger partial charge in [0.2, 0.25) is 0 Å². The Balaban J connectivity index is 2.50. The predicted molar refractivity (Wildman–Crippen MR) is 104 cm³/mol. The van der Waals surface area contributed by atoms with E-state index in [0.717, 1.165) is 51.4 Å². The van der Waals surface area contributed by atoms with E-state index in [1.807, 2.05) is 25.7 Å². The Morgan fingerprint density at radius 3 is 2.48 bits per heavy atom. The standard InChI is InChI=1S/C19H38N4O2/c1-8-20-16(22-18(2,3)4)21-12-11-15-10-9-13-23(14-15)17(24)25-19(5,6)7/h15H,8-14H2,1-7H3,(H2,20,21,22). The quantitative estimate of drug-likeness (QED) is 0.600. The maximum atomic E-state index is 12.2. The van der Waals surface area contributed by atoms with Crippen LogP contribution in [-0.2, 0) is 4.74 Å². The summed E-state index contributed by atoms with van der Waals surface area (Å²) in [6.45, 7) is 17.3. The number of carbonyl (C=O) groups excluding carboxylic acids is 1. The zero-order chi connectivity index (χ0) is 19.1. The number of hydrogen-bond donors (Lipinski definition) is 2. The maximum Gasteiger partial charge on any atom is 0.410 e. The van der Waals surface area contributed by atoms with Crippen molar-refractivity contribution in [2.75, 3.05) is 26.2 Å². The molecule has 6 heteroatoms. The number of carbonyl (C=O) groups is 1. The second kappa shape index (κ2) is 9.30. The molecule has 1 saturated heterocycles. The Labute approximate surface area is 153 Å². The van der Waals surface area contributed by atoms with Crippen LogP contribution in [0.1, 0.15) is 67.7 Å². The first kappa shape index (κ1) is 21.6. The first-order valence-electron chi connectivity index (χ1n) is 9.54. The van der Waals surface area contributed by atoms with Crippen molar-refractivity contribution in [1.82, 2.24) is 15.5 Å². The lowest BCUT2D eigenvalue weighted by molar-refractivity contribution is 0.0163. The van der Waals surface area contributed by atoms with Crippen molar-refractivity contribution in [3.63, 3.8) is 0 Å². The second-order valence-corrected chi connectivity index (χ2v) is 8.86. The summed E-state index contributed by atoms with van der Waals surface area (Å²) in [4.78, 5) is 18.8. The van der Waals surface area contributed by atoms with Gasteiger partial charge in [0, 0.05) is 31.7 Å². The number of hydrogen-bond acceptors (Lipinski definition) is 3. The molecule has 1 aliphatic rings. The predicted octanol–water partition coefficient (Wildman–Crippen LogP) is 3.38. The molecule has 25 heavy (non-hydrogen) atoms. The van der Waals surface area contributed by atoms with Crippen LogP contribution in [0.25, 0.3) is 0 Å². The smallest absolute Gasteiger partial charge is 0.410 e. The first-order valence-corrected chi connectivity index (χ1v) is 9.54. The van der Waals surface area contributed by atoms with Gasteiger partial charge in [0.15, 0.2) is 5.96 Å². The highest BCUT2D eigenvalue weighted by Gasteiger charge is 2.27. The normalized spacial score (nSPS) is 19.6. The summed E-state index contributed by atoms with van der Waals surface area (Å²) < 4.78 is 5.49. The zero-order valence-corrected chi connectivity index (χ0v) is 17.2. The summed E-state index contributed by atoms with van der Waals surface area (Å²) >= 11 is 0. The molecule has 0 saturated carbocycles. The molecule has 0 radical (unpaired) electrons. The van der Waals surface area contributed by atoms with Gasteiger partial charge in [-0.15, -0.1) is 0 Å². The van der Waals surface area contributed by atoms with E-state index in [2.05, 4.69) is 43.3 Å². The molecule has 1 fully saturated rings. The Hall–Kier alpha value is -1.46. The number of amides is 1. The largest absolute Gasteiger partial charge is 0.444 e. The molecule has 0 aliphatic carbocycles. The third-order valence-corrected chi connectivity index (χ3v) is 3.82. The Kier molecular flexibility index (Phi) is 8.03. The average molecular weight is 355 g/mol. The van der Waals surface area contributed by atoms with E-state index in [9.17, 15) is 4.79 Å². The molecule has 0 aromatic rings. The van der Waals surface area contributed by atoms with Crippen LogP contribution in [0.3, 0.4) is 0 Å². The van der Waals surface area contributed by atoms with E-state index in [0.29, 0.717) is 5.92 Å². The summed E-state index contributed by atoms with van der Waals surface area (Å²) in [6.07, 6.45) is 2.98. The minimum atomic E-state index is -0.437. The van der Waals surface area contributed by atoms with Gasteiger partial charge in [-0.1, -0.05) is 0 Å². The highest BCUT2D eigenvalue weighted by molar-refractivity contribution is 5.80. The summed E-state index contributed by atoms with van der Waals surface area (Å²) in [5, 5.41) is 6.69. The Morgan fingerprint density at radius 1 is 1.24 bits per heavy atom.